The molecule has 3 rings (SSSR count). The number of thioether (sulfide) groups is 1. The van der Waals surface area contributed by atoms with E-state index in [1.54, 1.807) is 23.1 Å². The molecule has 148 valence electrons. The molecule has 1 fully saturated rings. The van der Waals surface area contributed by atoms with E-state index in [2.05, 4.69) is 5.32 Å². The number of urea groups is 1. The quantitative estimate of drug-likeness (QED) is 0.442. The van der Waals surface area contributed by atoms with Crippen LogP contribution in [0, 0.1) is 11.7 Å². The van der Waals surface area contributed by atoms with Crippen LogP contribution in [0.5, 0.6) is 0 Å². The molecule has 5 nitrogen and oxygen atoms in total. The van der Waals surface area contributed by atoms with Crippen molar-refractivity contribution in [1.29, 1.82) is 0 Å². The molecular weight excluding hydrogens is 379 g/mol. The first kappa shape index (κ1) is 20.2. The fourth-order valence-electron chi connectivity index (χ4n) is 3.02. The van der Waals surface area contributed by atoms with Crippen molar-refractivity contribution in [3.8, 4) is 0 Å². The number of carbonyl (C=O) groups is 2. The fraction of sp³-hybridized carbons (Fsp3) is 0.333. The second kappa shape index (κ2) is 10.1. The van der Waals surface area contributed by atoms with Crippen LogP contribution in [0.3, 0.4) is 0 Å². The number of nitrogens with one attached hydrogen (secondary N) is 1. The van der Waals surface area contributed by atoms with Gasteiger partial charge >= 0.3 is 12.0 Å². The number of ether oxygens (including phenoxy) is 1. The number of esters is 1. The van der Waals surface area contributed by atoms with Gasteiger partial charge in [0.1, 0.15) is 12.4 Å². The lowest BCUT2D eigenvalue weighted by Gasteiger charge is -2.31. The second-order valence-corrected chi connectivity index (χ2v) is 7.64. The Balaban J connectivity index is 1.35. The minimum atomic E-state index is -0.264. The van der Waals surface area contributed by atoms with Gasteiger partial charge in [-0.15, -0.1) is 11.8 Å². The van der Waals surface area contributed by atoms with Gasteiger partial charge in [-0.1, -0.05) is 30.3 Å². The number of benzene rings is 2. The third-order valence-corrected chi connectivity index (χ3v) is 5.58. The van der Waals surface area contributed by atoms with Crippen molar-refractivity contribution < 1.29 is 18.7 Å². The number of likely N-dealkylation sites (tertiary alicyclic amines) is 1. The van der Waals surface area contributed by atoms with E-state index in [0.29, 0.717) is 36.6 Å². The Kier molecular flexibility index (Phi) is 7.31. The zero-order valence-corrected chi connectivity index (χ0v) is 16.3. The number of hydrogen-bond acceptors (Lipinski definition) is 4. The Bertz CT molecular complexity index is 795. The van der Waals surface area contributed by atoms with Gasteiger partial charge in [0.25, 0.3) is 0 Å². The summed E-state index contributed by atoms with van der Waals surface area (Å²) in [5.74, 6) is -0.193. The van der Waals surface area contributed by atoms with Gasteiger partial charge in [0.05, 0.1) is 5.92 Å². The normalized spacial score (nSPS) is 14.5. The van der Waals surface area contributed by atoms with Crippen molar-refractivity contribution in [2.45, 2.75) is 17.7 Å². The molecule has 1 aliphatic heterocycles. The molecule has 2 aromatic carbocycles. The summed E-state index contributed by atoms with van der Waals surface area (Å²) in [7, 11) is 0. The molecule has 0 aromatic heterocycles. The molecule has 0 radical (unpaired) electrons. The molecule has 2 aromatic rings. The first-order chi connectivity index (χ1) is 13.6. The largest absolute Gasteiger partial charge is 0.465 e. The number of amides is 2. The van der Waals surface area contributed by atoms with Gasteiger partial charge in [0.2, 0.25) is 0 Å². The van der Waals surface area contributed by atoms with Crippen molar-refractivity contribution in [3.63, 3.8) is 0 Å². The highest BCUT2D eigenvalue weighted by atomic mass is 32.2. The highest BCUT2D eigenvalue weighted by Gasteiger charge is 2.28. The molecule has 1 N–H and O–H groups in total. The van der Waals surface area contributed by atoms with Crippen molar-refractivity contribution in [2.75, 3.05) is 30.8 Å². The first-order valence-corrected chi connectivity index (χ1v) is 10.3. The van der Waals surface area contributed by atoms with Gasteiger partial charge in [-0.2, -0.15) is 0 Å². The minimum absolute atomic E-state index is 0.153. The number of anilines is 1. The van der Waals surface area contributed by atoms with E-state index >= 15 is 0 Å². The van der Waals surface area contributed by atoms with Gasteiger partial charge in [-0.05, 0) is 37.1 Å². The molecule has 28 heavy (non-hydrogen) atoms. The summed E-state index contributed by atoms with van der Waals surface area (Å²) in [6, 6.07) is 15.7. The van der Waals surface area contributed by atoms with Gasteiger partial charge in [-0.25, -0.2) is 9.18 Å². The van der Waals surface area contributed by atoms with E-state index in [1.165, 1.54) is 17.8 Å². The summed E-state index contributed by atoms with van der Waals surface area (Å²) in [5.41, 5.74) is 0.751. The maximum atomic E-state index is 13.5. The molecular formula is C21H23FN2O3S. The monoisotopic (exact) mass is 402 g/mol. The number of carbonyl (C=O) groups excluding carboxylic acids is 2. The number of piperidine rings is 1. The molecule has 2 amide bonds. The lowest BCUT2D eigenvalue weighted by Crippen LogP contribution is -2.42. The van der Waals surface area contributed by atoms with E-state index in [4.69, 9.17) is 4.74 Å². The third kappa shape index (κ3) is 5.73. The molecule has 0 spiro atoms. The Morgan fingerprint density at radius 3 is 2.46 bits per heavy atom. The molecule has 1 heterocycles. The zero-order valence-electron chi connectivity index (χ0n) is 15.5. The lowest BCUT2D eigenvalue weighted by atomic mass is 9.97. The Labute approximate surface area is 168 Å². The minimum Gasteiger partial charge on any atom is -0.465 e. The fourth-order valence-corrected chi connectivity index (χ4v) is 3.78. The van der Waals surface area contributed by atoms with Crippen LogP contribution in [0.2, 0.25) is 0 Å². The lowest BCUT2D eigenvalue weighted by molar-refractivity contribution is -0.149. The maximum Gasteiger partial charge on any atom is 0.321 e. The average molecular weight is 402 g/mol. The number of halogens is 1. The molecule has 0 unspecified atom stereocenters. The highest BCUT2D eigenvalue weighted by Crippen LogP contribution is 2.22. The van der Waals surface area contributed by atoms with E-state index in [0.717, 1.165) is 5.69 Å². The van der Waals surface area contributed by atoms with E-state index < -0.39 is 0 Å². The van der Waals surface area contributed by atoms with Crippen molar-refractivity contribution >= 4 is 29.4 Å². The van der Waals surface area contributed by atoms with Crippen molar-refractivity contribution in [2.24, 2.45) is 5.92 Å². The Morgan fingerprint density at radius 1 is 1.07 bits per heavy atom. The molecule has 7 heteroatoms. The third-order valence-electron chi connectivity index (χ3n) is 4.56. The van der Waals surface area contributed by atoms with E-state index in [9.17, 15) is 14.0 Å². The van der Waals surface area contributed by atoms with Crippen LogP contribution in [-0.2, 0) is 9.53 Å². The molecule has 0 atom stereocenters. The van der Waals surface area contributed by atoms with Crippen LogP contribution >= 0.6 is 11.8 Å². The maximum absolute atomic E-state index is 13.5. The predicted molar refractivity (Wildman–Crippen MR) is 108 cm³/mol. The van der Waals surface area contributed by atoms with Gasteiger partial charge in [-0.3, -0.25) is 4.79 Å². The van der Waals surface area contributed by atoms with Crippen LogP contribution in [-0.4, -0.2) is 42.3 Å². The SMILES string of the molecule is O=C(OCCSc1ccccc1F)C1CCN(C(=O)Nc2ccccc2)CC1. The summed E-state index contributed by atoms with van der Waals surface area (Å²) >= 11 is 1.33. The predicted octanol–water partition coefficient (Wildman–Crippen LogP) is 4.41. The molecule has 1 aliphatic rings. The summed E-state index contributed by atoms with van der Waals surface area (Å²) < 4.78 is 18.9. The zero-order chi connectivity index (χ0) is 19.8. The number of hydrogen-bond donors (Lipinski definition) is 1. The number of rotatable bonds is 6. The molecule has 0 saturated carbocycles. The summed E-state index contributed by atoms with van der Waals surface area (Å²) in [6.45, 7) is 1.28. The van der Waals surface area contributed by atoms with Crippen LogP contribution in [0.15, 0.2) is 59.5 Å². The van der Waals surface area contributed by atoms with Crippen molar-refractivity contribution in [1.82, 2.24) is 4.90 Å². The van der Waals surface area contributed by atoms with E-state index in [1.807, 2.05) is 30.3 Å². The van der Waals surface area contributed by atoms with Crippen LogP contribution < -0.4 is 5.32 Å². The molecule has 0 bridgehead atoms. The first-order valence-electron chi connectivity index (χ1n) is 9.28. The van der Waals surface area contributed by atoms with Crippen LogP contribution in [0.25, 0.3) is 0 Å². The van der Waals surface area contributed by atoms with Gasteiger partial charge < -0.3 is 15.0 Å². The van der Waals surface area contributed by atoms with Gasteiger partial charge in [0.15, 0.2) is 0 Å². The number of nitrogens with zero attached hydrogens (tertiary/aromatic N) is 1. The van der Waals surface area contributed by atoms with Crippen LogP contribution in [0.4, 0.5) is 14.9 Å². The topological polar surface area (TPSA) is 58.6 Å². The summed E-state index contributed by atoms with van der Waals surface area (Å²) in [6.07, 6.45) is 1.17. The van der Waals surface area contributed by atoms with E-state index in [-0.39, 0.29) is 30.3 Å². The Hall–Kier alpha value is -2.54. The Morgan fingerprint density at radius 2 is 1.75 bits per heavy atom. The standard InChI is InChI=1S/C21H23FN2O3S/c22-18-8-4-5-9-19(18)28-15-14-27-20(25)16-10-12-24(13-11-16)21(26)23-17-6-2-1-3-7-17/h1-9,16H,10-15H2,(H,23,26). The smallest absolute Gasteiger partial charge is 0.321 e. The molecule has 0 aliphatic carbocycles. The van der Waals surface area contributed by atoms with Gasteiger partial charge in [0, 0.05) is 29.4 Å². The summed E-state index contributed by atoms with van der Waals surface area (Å²) in [4.78, 5) is 26.8. The molecule has 1 saturated heterocycles. The average Bonchev–Trinajstić information content (AvgIpc) is 2.73. The second-order valence-electron chi connectivity index (χ2n) is 6.50. The summed E-state index contributed by atoms with van der Waals surface area (Å²) in [5, 5.41) is 2.86. The highest BCUT2D eigenvalue weighted by molar-refractivity contribution is 7.99. The van der Waals surface area contributed by atoms with Crippen molar-refractivity contribution in [3.05, 3.63) is 60.4 Å². The number of para-hydroxylation sites is 1. The van der Waals surface area contributed by atoms with Crippen LogP contribution in [0.1, 0.15) is 12.8 Å².